The first-order valence-electron chi connectivity index (χ1n) is 9.47. The predicted octanol–water partition coefficient (Wildman–Crippen LogP) is 3.27. The van der Waals surface area contributed by atoms with Gasteiger partial charge in [0.1, 0.15) is 0 Å². The van der Waals surface area contributed by atoms with E-state index in [9.17, 15) is 4.79 Å². The van der Waals surface area contributed by atoms with Gasteiger partial charge in [0.05, 0.1) is 30.0 Å². The van der Waals surface area contributed by atoms with E-state index in [2.05, 4.69) is 39.1 Å². The summed E-state index contributed by atoms with van der Waals surface area (Å²) in [6, 6.07) is 14.7. The minimum absolute atomic E-state index is 0.00391. The number of ether oxygens (including phenoxy) is 1. The van der Waals surface area contributed by atoms with Gasteiger partial charge in [-0.15, -0.1) is 0 Å². The van der Waals surface area contributed by atoms with E-state index in [1.54, 1.807) is 6.33 Å². The fourth-order valence-electron chi connectivity index (χ4n) is 4.18. The van der Waals surface area contributed by atoms with Gasteiger partial charge in [0.25, 0.3) is 0 Å². The molecule has 0 amide bonds. The molecule has 0 radical (unpaired) electrons. The number of hydrogen-bond acceptors (Lipinski definition) is 5. The standard InChI is InChI=1S/C21H22N4O2/c26-12-21-25(17-7-8-18-19(11-17)23-14-22-18)20(13-27-21)15-3-5-16(6-4-15)24-9-1-2-10-24/h3-8,11-12,14,20-21H,1-2,9-10,13H2,(H,22,23). The van der Waals surface area contributed by atoms with Gasteiger partial charge < -0.3 is 19.5 Å². The van der Waals surface area contributed by atoms with Crippen LogP contribution in [0.4, 0.5) is 11.4 Å². The number of carbonyl (C=O) groups excluding carboxylic acids is 1. The predicted molar refractivity (Wildman–Crippen MR) is 105 cm³/mol. The van der Waals surface area contributed by atoms with Crippen LogP contribution in [-0.4, -0.2) is 42.2 Å². The second-order valence-electron chi connectivity index (χ2n) is 7.17. The van der Waals surface area contributed by atoms with Gasteiger partial charge in [-0.2, -0.15) is 0 Å². The van der Waals surface area contributed by atoms with E-state index in [0.29, 0.717) is 6.61 Å². The summed E-state index contributed by atoms with van der Waals surface area (Å²) in [7, 11) is 0. The molecule has 2 saturated heterocycles. The summed E-state index contributed by atoms with van der Waals surface area (Å²) in [5.41, 5.74) is 5.23. The van der Waals surface area contributed by atoms with E-state index in [1.165, 1.54) is 18.5 Å². The number of rotatable bonds is 4. The molecule has 2 atom stereocenters. The molecule has 138 valence electrons. The number of hydrogen-bond donors (Lipinski definition) is 1. The van der Waals surface area contributed by atoms with E-state index in [1.807, 2.05) is 23.1 Å². The third-order valence-electron chi connectivity index (χ3n) is 5.60. The van der Waals surface area contributed by atoms with E-state index in [-0.39, 0.29) is 6.04 Å². The average Bonchev–Trinajstić information content (AvgIpc) is 3.47. The molecule has 6 nitrogen and oxygen atoms in total. The molecule has 2 aromatic carbocycles. The number of anilines is 2. The summed E-state index contributed by atoms with van der Waals surface area (Å²) >= 11 is 0. The van der Waals surface area contributed by atoms with Crippen molar-refractivity contribution in [1.82, 2.24) is 9.97 Å². The fraction of sp³-hybridized carbons (Fsp3) is 0.333. The van der Waals surface area contributed by atoms with Gasteiger partial charge in [-0.3, -0.25) is 4.79 Å². The first-order chi connectivity index (χ1) is 13.3. The van der Waals surface area contributed by atoms with Gasteiger partial charge in [-0.1, -0.05) is 12.1 Å². The fourth-order valence-corrected chi connectivity index (χ4v) is 4.18. The zero-order valence-electron chi connectivity index (χ0n) is 15.0. The summed E-state index contributed by atoms with van der Waals surface area (Å²) in [5, 5.41) is 0. The van der Waals surface area contributed by atoms with Crippen molar-refractivity contribution in [3.05, 3.63) is 54.4 Å². The Kier molecular flexibility index (Phi) is 4.05. The first-order valence-corrected chi connectivity index (χ1v) is 9.47. The van der Waals surface area contributed by atoms with Crippen molar-refractivity contribution < 1.29 is 9.53 Å². The SMILES string of the molecule is O=CC1OCC(c2ccc(N3CCCC3)cc2)N1c1ccc2[nH]cnc2c1. The number of carbonyl (C=O) groups is 1. The lowest BCUT2D eigenvalue weighted by Gasteiger charge is -2.28. The van der Waals surface area contributed by atoms with Crippen molar-refractivity contribution >= 4 is 28.7 Å². The highest BCUT2D eigenvalue weighted by molar-refractivity contribution is 5.80. The van der Waals surface area contributed by atoms with Crippen LogP contribution in [0.15, 0.2) is 48.8 Å². The van der Waals surface area contributed by atoms with Crippen LogP contribution in [-0.2, 0) is 9.53 Å². The third-order valence-corrected chi connectivity index (χ3v) is 5.60. The number of imidazole rings is 1. The minimum Gasteiger partial charge on any atom is -0.372 e. The van der Waals surface area contributed by atoms with Crippen molar-refractivity contribution in [2.24, 2.45) is 0 Å². The monoisotopic (exact) mass is 362 g/mol. The van der Waals surface area contributed by atoms with Crippen molar-refractivity contribution in [2.45, 2.75) is 25.1 Å². The Labute approximate surface area is 157 Å². The van der Waals surface area contributed by atoms with Crippen LogP contribution >= 0.6 is 0 Å². The zero-order valence-corrected chi connectivity index (χ0v) is 15.0. The maximum atomic E-state index is 11.6. The van der Waals surface area contributed by atoms with Crippen molar-refractivity contribution in [3.63, 3.8) is 0 Å². The molecule has 1 N–H and O–H groups in total. The van der Waals surface area contributed by atoms with Crippen LogP contribution in [0.1, 0.15) is 24.4 Å². The molecule has 2 fully saturated rings. The van der Waals surface area contributed by atoms with Crippen LogP contribution in [0.3, 0.4) is 0 Å². The molecular formula is C21H22N4O2. The summed E-state index contributed by atoms with van der Waals surface area (Å²) in [4.78, 5) is 23.5. The molecule has 3 heterocycles. The Hall–Kier alpha value is -2.86. The smallest absolute Gasteiger partial charge is 0.187 e. The normalized spacial score (nSPS) is 22.7. The molecule has 6 heteroatoms. The maximum absolute atomic E-state index is 11.6. The van der Waals surface area contributed by atoms with Gasteiger partial charge in [0, 0.05) is 24.5 Å². The number of fused-ring (bicyclic) bond motifs is 1. The summed E-state index contributed by atoms with van der Waals surface area (Å²) < 4.78 is 5.78. The molecule has 3 aromatic rings. The van der Waals surface area contributed by atoms with Gasteiger partial charge in [-0.05, 0) is 48.7 Å². The Balaban J connectivity index is 1.47. The van der Waals surface area contributed by atoms with Gasteiger partial charge >= 0.3 is 0 Å². The van der Waals surface area contributed by atoms with Crippen LogP contribution in [0, 0.1) is 0 Å². The zero-order chi connectivity index (χ0) is 18.2. The van der Waals surface area contributed by atoms with E-state index in [4.69, 9.17) is 4.74 Å². The molecule has 1 aromatic heterocycles. The van der Waals surface area contributed by atoms with Crippen LogP contribution < -0.4 is 9.80 Å². The molecule has 0 spiro atoms. The largest absolute Gasteiger partial charge is 0.372 e. The van der Waals surface area contributed by atoms with Gasteiger partial charge in [0.2, 0.25) is 0 Å². The number of nitrogens with one attached hydrogen (secondary N) is 1. The Morgan fingerprint density at radius 1 is 1.07 bits per heavy atom. The van der Waals surface area contributed by atoms with Crippen LogP contribution in [0.25, 0.3) is 11.0 Å². The molecule has 0 saturated carbocycles. The number of aromatic amines is 1. The minimum atomic E-state index is -0.579. The molecule has 27 heavy (non-hydrogen) atoms. The number of nitrogens with zero attached hydrogens (tertiary/aromatic N) is 3. The highest BCUT2D eigenvalue weighted by Crippen LogP contribution is 2.36. The van der Waals surface area contributed by atoms with E-state index >= 15 is 0 Å². The number of aromatic nitrogens is 2. The number of benzene rings is 2. The number of aldehydes is 1. The van der Waals surface area contributed by atoms with Gasteiger partial charge in [0.15, 0.2) is 12.5 Å². The summed E-state index contributed by atoms with van der Waals surface area (Å²) in [5.74, 6) is 0. The van der Waals surface area contributed by atoms with E-state index in [0.717, 1.165) is 41.7 Å². The molecule has 2 unspecified atom stereocenters. The van der Waals surface area contributed by atoms with Crippen molar-refractivity contribution in [3.8, 4) is 0 Å². The molecule has 0 bridgehead atoms. The molecule has 5 rings (SSSR count). The Morgan fingerprint density at radius 2 is 1.85 bits per heavy atom. The first kappa shape index (κ1) is 16.3. The lowest BCUT2D eigenvalue weighted by molar-refractivity contribution is -0.115. The molecular weight excluding hydrogens is 340 g/mol. The molecule has 2 aliphatic heterocycles. The lowest BCUT2D eigenvalue weighted by Crippen LogP contribution is -2.33. The lowest BCUT2D eigenvalue weighted by atomic mass is 10.0. The van der Waals surface area contributed by atoms with Gasteiger partial charge in [-0.25, -0.2) is 4.98 Å². The number of H-pyrrole nitrogens is 1. The van der Waals surface area contributed by atoms with Crippen LogP contribution in [0.2, 0.25) is 0 Å². The van der Waals surface area contributed by atoms with Crippen molar-refractivity contribution in [2.75, 3.05) is 29.5 Å². The second-order valence-corrected chi connectivity index (χ2v) is 7.17. The van der Waals surface area contributed by atoms with Crippen molar-refractivity contribution in [1.29, 1.82) is 0 Å². The molecule has 2 aliphatic rings. The van der Waals surface area contributed by atoms with E-state index < -0.39 is 6.23 Å². The third kappa shape index (κ3) is 2.86. The quantitative estimate of drug-likeness (QED) is 0.722. The maximum Gasteiger partial charge on any atom is 0.187 e. The average molecular weight is 362 g/mol. The summed E-state index contributed by atoms with van der Waals surface area (Å²) in [6.45, 7) is 2.76. The summed E-state index contributed by atoms with van der Waals surface area (Å²) in [6.07, 6.45) is 4.50. The second kappa shape index (κ2) is 6.70. The Morgan fingerprint density at radius 3 is 2.63 bits per heavy atom. The Bertz CT molecular complexity index is 946. The highest BCUT2D eigenvalue weighted by atomic mass is 16.5. The highest BCUT2D eigenvalue weighted by Gasteiger charge is 2.35. The molecule has 0 aliphatic carbocycles. The topological polar surface area (TPSA) is 61.5 Å². The van der Waals surface area contributed by atoms with Crippen LogP contribution in [0.5, 0.6) is 0 Å².